The second-order valence-electron chi connectivity index (χ2n) is 15.1. The van der Waals surface area contributed by atoms with E-state index in [2.05, 4.69) is 164 Å². The number of nitrogens with zero attached hydrogens (tertiary/aromatic N) is 3. The highest BCUT2D eigenvalue weighted by atomic mass is 32.1. The van der Waals surface area contributed by atoms with Crippen molar-refractivity contribution in [3.8, 4) is 78.0 Å². The Morgan fingerprint density at radius 1 is 0.328 bits per heavy atom. The molecule has 0 bridgehead atoms. The number of benzene rings is 8. The molecule has 8 aromatic carbocycles. The van der Waals surface area contributed by atoms with E-state index in [1.807, 2.05) is 47.7 Å². The molecule has 12 rings (SSSR count). The zero-order chi connectivity index (χ0) is 38.2. The predicted molar refractivity (Wildman–Crippen MR) is 239 cm³/mol. The van der Waals surface area contributed by atoms with Gasteiger partial charge in [-0.05, 0) is 78.7 Å². The lowest BCUT2D eigenvalue weighted by atomic mass is 9.70. The normalized spacial score (nSPS) is 14.6. The Morgan fingerprint density at radius 3 is 1.41 bits per heavy atom. The first kappa shape index (κ1) is 32.9. The van der Waals surface area contributed by atoms with Crippen molar-refractivity contribution in [2.45, 2.75) is 5.41 Å². The summed E-state index contributed by atoms with van der Waals surface area (Å²) < 4.78 is 1.34. The molecule has 10 aromatic rings. The second kappa shape index (κ2) is 12.9. The lowest BCUT2D eigenvalue weighted by Gasteiger charge is -2.30. The Bertz CT molecular complexity index is 3210. The van der Waals surface area contributed by atoms with Gasteiger partial charge >= 0.3 is 0 Å². The minimum Gasteiger partial charge on any atom is -0.208 e. The third-order valence-electron chi connectivity index (χ3n) is 12.0. The van der Waals surface area contributed by atoms with Crippen molar-refractivity contribution in [3.05, 3.63) is 222 Å². The zero-order valence-electron chi connectivity index (χ0n) is 31.3. The van der Waals surface area contributed by atoms with Gasteiger partial charge in [0.1, 0.15) is 0 Å². The number of aromatic nitrogens is 3. The van der Waals surface area contributed by atoms with Crippen LogP contribution in [0.5, 0.6) is 0 Å². The molecular weight excluding hydrogens is 723 g/mol. The van der Waals surface area contributed by atoms with E-state index in [4.69, 9.17) is 15.0 Å². The highest BCUT2D eigenvalue weighted by Gasteiger charge is 2.53. The lowest BCUT2D eigenvalue weighted by Crippen LogP contribution is -2.25. The first-order valence-corrected chi connectivity index (χ1v) is 20.5. The molecule has 2 heterocycles. The predicted octanol–water partition coefficient (Wildman–Crippen LogP) is 13.8. The summed E-state index contributed by atoms with van der Waals surface area (Å²) in [6.07, 6.45) is 0. The summed E-state index contributed by atoms with van der Waals surface area (Å²) in [5.74, 6) is 1.94. The molecule has 0 saturated carbocycles. The maximum atomic E-state index is 5.05. The van der Waals surface area contributed by atoms with Crippen molar-refractivity contribution in [2.24, 2.45) is 0 Å². The van der Waals surface area contributed by atoms with Gasteiger partial charge in [0.25, 0.3) is 0 Å². The fourth-order valence-electron chi connectivity index (χ4n) is 9.38. The van der Waals surface area contributed by atoms with E-state index in [-0.39, 0.29) is 5.41 Å². The number of fused-ring (bicyclic) bond motifs is 12. The average molecular weight is 756 g/mol. The van der Waals surface area contributed by atoms with E-state index in [0.29, 0.717) is 17.5 Å². The SMILES string of the molecule is c1ccc(-c2ccc(-c3nc(-c4ccccc4)nc(-c4ccc(-c5ccc6c(c5)-c5ccccc5C65c6ccccc6-c6sc7ccccc7c65)cc4)n3)cc2)cc1. The third kappa shape index (κ3) is 4.89. The molecule has 0 amide bonds. The largest absolute Gasteiger partial charge is 0.208 e. The molecule has 0 radical (unpaired) electrons. The summed E-state index contributed by atoms with van der Waals surface area (Å²) in [5.41, 5.74) is 16.6. The molecule has 1 unspecified atom stereocenters. The molecule has 4 heteroatoms. The molecule has 270 valence electrons. The molecule has 3 nitrogen and oxygen atoms in total. The highest BCUT2D eigenvalue weighted by molar-refractivity contribution is 7.22. The van der Waals surface area contributed by atoms with Crippen molar-refractivity contribution in [3.63, 3.8) is 0 Å². The van der Waals surface area contributed by atoms with Gasteiger partial charge in [0.05, 0.1) is 5.41 Å². The van der Waals surface area contributed by atoms with Crippen LogP contribution in [-0.2, 0) is 5.41 Å². The Balaban J connectivity index is 0.953. The fraction of sp³-hybridized carbons (Fsp3) is 0.0185. The van der Waals surface area contributed by atoms with Gasteiger partial charge in [-0.3, -0.25) is 0 Å². The monoisotopic (exact) mass is 755 g/mol. The van der Waals surface area contributed by atoms with Crippen molar-refractivity contribution in [2.75, 3.05) is 0 Å². The summed E-state index contributed by atoms with van der Waals surface area (Å²) in [6, 6.07) is 71.8. The standard InChI is InChI=1S/C54H33N3S/c1-3-13-34(14-4-1)35-23-27-38(28-24-35)52-55-51(37-15-5-2-6-16-37)56-53(57-52)39-29-25-36(26-30-39)40-31-32-47-44(33-40)41-17-7-10-20-45(41)54(47)46-21-11-8-18-42(46)50-49(54)43-19-9-12-22-48(43)58-50/h1-33H. The minimum absolute atomic E-state index is 0.367. The van der Waals surface area contributed by atoms with Gasteiger partial charge in [0, 0.05) is 26.3 Å². The summed E-state index contributed by atoms with van der Waals surface area (Å²) in [7, 11) is 0. The van der Waals surface area contributed by atoms with Gasteiger partial charge in [0.2, 0.25) is 0 Å². The van der Waals surface area contributed by atoms with Crippen LogP contribution < -0.4 is 0 Å². The lowest BCUT2D eigenvalue weighted by molar-refractivity contribution is 0.803. The number of hydrogen-bond acceptors (Lipinski definition) is 4. The first-order chi connectivity index (χ1) is 28.7. The number of thiophene rings is 1. The minimum atomic E-state index is -0.367. The van der Waals surface area contributed by atoms with Gasteiger partial charge in [-0.2, -0.15) is 0 Å². The van der Waals surface area contributed by atoms with E-state index < -0.39 is 0 Å². The molecule has 0 fully saturated rings. The molecule has 0 saturated heterocycles. The van der Waals surface area contributed by atoms with E-state index in [9.17, 15) is 0 Å². The molecular formula is C54H33N3S. The van der Waals surface area contributed by atoms with E-state index in [1.54, 1.807) is 0 Å². The molecule has 2 aliphatic rings. The Kier molecular flexibility index (Phi) is 7.31. The maximum absolute atomic E-state index is 5.05. The van der Waals surface area contributed by atoms with E-state index in [0.717, 1.165) is 27.8 Å². The van der Waals surface area contributed by atoms with Crippen LogP contribution in [-0.4, -0.2) is 15.0 Å². The van der Waals surface area contributed by atoms with Crippen LogP contribution in [0.15, 0.2) is 200 Å². The van der Waals surface area contributed by atoms with Crippen LogP contribution in [0.3, 0.4) is 0 Å². The topological polar surface area (TPSA) is 38.7 Å². The van der Waals surface area contributed by atoms with Crippen LogP contribution >= 0.6 is 11.3 Å². The van der Waals surface area contributed by atoms with E-state index in [1.165, 1.54) is 65.0 Å². The van der Waals surface area contributed by atoms with Gasteiger partial charge in [-0.25, -0.2) is 15.0 Å². The van der Waals surface area contributed by atoms with Crippen molar-refractivity contribution < 1.29 is 0 Å². The first-order valence-electron chi connectivity index (χ1n) is 19.7. The van der Waals surface area contributed by atoms with Crippen LogP contribution in [0.2, 0.25) is 0 Å². The Morgan fingerprint density at radius 2 is 0.759 bits per heavy atom. The summed E-state index contributed by atoms with van der Waals surface area (Å²) in [5, 5.41) is 1.35. The number of hydrogen-bond donors (Lipinski definition) is 0. The van der Waals surface area contributed by atoms with Gasteiger partial charge in [0.15, 0.2) is 17.5 Å². The Labute approximate surface area is 340 Å². The summed E-state index contributed by atoms with van der Waals surface area (Å²) in [6.45, 7) is 0. The van der Waals surface area contributed by atoms with Crippen LogP contribution in [0.4, 0.5) is 0 Å². The zero-order valence-corrected chi connectivity index (χ0v) is 32.1. The quantitative estimate of drug-likeness (QED) is 0.176. The van der Waals surface area contributed by atoms with E-state index >= 15 is 0 Å². The summed E-state index contributed by atoms with van der Waals surface area (Å²) in [4.78, 5) is 16.4. The van der Waals surface area contributed by atoms with Crippen LogP contribution in [0, 0.1) is 0 Å². The maximum Gasteiger partial charge on any atom is 0.164 e. The molecule has 0 aliphatic heterocycles. The van der Waals surface area contributed by atoms with Crippen molar-refractivity contribution in [1.29, 1.82) is 0 Å². The molecule has 2 aliphatic carbocycles. The smallest absolute Gasteiger partial charge is 0.164 e. The molecule has 1 spiro atoms. The highest BCUT2D eigenvalue weighted by Crippen LogP contribution is 2.66. The van der Waals surface area contributed by atoms with Crippen molar-refractivity contribution >= 4 is 21.4 Å². The Hall–Kier alpha value is -7.27. The second-order valence-corrected chi connectivity index (χ2v) is 16.1. The van der Waals surface area contributed by atoms with Gasteiger partial charge in [-0.15, -0.1) is 11.3 Å². The van der Waals surface area contributed by atoms with Gasteiger partial charge < -0.3 is 0 Å². The van der Waals surface area contributed by atoms with Crippen LogP contribution in [0.25, 0.3) is 88.1 Å². The number of rotatable bonds is 5. The molecule has 2 aromatic heterocycles. The van der Waals surface area contributed by atoms with Crippen molar-refractivity contribution in [1.82, 2.24) is 15.0 Å². The average Bonchev–Trinajstić information content (AvgIpc) is 3.93. The van der Waals surface area contributed by atoms with Gasteiger partial charge in [-0.1, -0.05) is 188 Å². The van der Waals surface area contributed by atoms with Crippen LogP contribution in [0.1, 0.15) is 22.3 Å². The third-order valence-corrected chi connectivity index (χ3v) is 13.2. The summed E-state index contributed by atoms with van der Waals surface area (Å²) >= 11 is 1.92. The molecule has 1 atom stereocenters. The molecule has 0 N–H and O–H groups in total. The fourth-order valence-corrected chi connectivity index (χ4v) is 10.7. The molecule has 58 heavy (non-hydrogen) atoms.